The summed E-state index contributed by atoms with van der Waals surface area (Å²) >= 11 is 10.9. The van der Waals surface area contributed by atoms with Crippen LogP contribution < -0.4 is 4.74 Å². The maximum Gasteiger partial charge on any atom is 0.122 e. The van der Waals surface area contributed by atoms with Crippen LogP contribution in [0.5, 0.6) is 5.75 Å². The molecule has 0 aliphatic heterocycles. The largest absolute Gasteiger partial charge is 0.488 e. The van der Waals surface area contributed by atoms with E-state index in [9.17, 15) is 0 Å². The van der Waals surface area contributed by atoms with Crippen LogP contribution in [0, 0.1) is 0 Å². The van der Waals surface area contributed by atoms with E-state index in [0.717, 1.165) is 14.6 Å². The van der Waals surface area contributed by atoms with Gasteiger partial charge in [0, 0.05) is 9.90 Å². The van der Waals surface area contributed by atoms with E-state index < -0.39 is 0 Å². The normalized spacial score (nSPS) is 10.3. The van der Waals surface area contributed by atoms with Gasteiger partial charge in [0.25, 0.3) is 0 Å². The fourth-order valence-electron chi connectivity index (χ4n) is 1.11. The van der Waals surface area contributed by atoms with Gasteiger partial charge >= 0.3 is 0 Å². The standard InChI is InChI=1S/C11H8BrClOS/c12-11-6-5-10(15-11)7-14-9-3-1-8(13)2-4-9/h1-6H,7H2. The molecule has 0 radical (unpaired) electrons. The second-order valence-corrected chi connectivity index (χ2v) is 5.93. The van der Waals surface area contributed by atoms with Crippen molar-refractivity contribution in [3.8, 4) is 5.75 Å². The molecule has 0 saturated carbocycles. The van der Waals surface area contributed by atoms with Gasteiger partial charge in [-0.3, -0.25) is 0 Å². The van der Waals surface area contributed by atoms with Crippen molar-refractivity contribution < 1.29 is 4.74 Å². The average Bonchev–Trinajstić information content (AvgIpc) is 2.64. The summed E-state index contributed by atoms with van der Waals surface area (Å²) in [4.78, 5) is 1.19. The third kappa shape index (κ3) is 3.23. The first-order chi connectivity index (χ1) is 7.24. The molecule has 0 saturated heterocycles. The lowest BCUT2D eigenvalue weighted by Gasteiger charge is -2.03. The van der Waals surface area contributed by atoms with E-state index in [1.54, 1.807) is 11.3 Å². The summed E-state index contributed by atoms with van der Waals surface area (Å²) in [5.41, 5.74) is 0. The molecular formula is C11H8BrClOS. The Balaban J connectivity index is 1.96. The summed E-state index contributed by atoms with van der Waals surface area (Å²) in [7, 11) is 0. The second-order valence-electron chi connectivity index (χ2n) is 2.95. The molecule has 2 rings (SSSR count). The van der Waals surface area contributed by atoms with E-state index >= 15 is 0 Å². The van der Waals surface area contributed by atoms with E-state index in [2.05, 4.69) is 15.9 Å². The van der Waals surface area contributed by atoms with Gasteiger partial charge in [0.05, 0.1) is 3.79 Å². The van der Waals surface area contributed by atoms with Crippen LogP contribution in [0.4, 0.5) is 0 Å². The smallest absolute Gasteiger partial charge is 0.122 e. The molecule has 0 unspecified atom stereocenters. The van der Waals surface area contributed by atoms with Gasteiger partial charge < -0.3 is 4.74 Å². The Kier molecular flexibility index (Phi) is 3.67. The van der Waals surface area contributed by atoms with Crippen LogP contribution in [0.15, 0.2) is 40.2 Å². The summed E-state index contributed by atoms with van der Waals surface area (Å²) in [6, 6.07) is 11.4. The highest BCUT2D eigenvalue weighted by Gasteiger charge is 1.99. The highest BCUT2D eigenvalue weighted by Crippen LogP contribution is 2.24. The zero-order valence-electron chi connectivity index (χ0n) is 7.74. The SMILES string of the molecule is Clc1ccc(OCc2ccc(Br)s2)cc1. The Labute approximate surface area is 106 Å². The van der Waals surface area contributed by atoms with Crippen molar-refractivity contribution in [2.75, 3.05) is 0 Å². The molecule has 0 amide bonds. The Morgan fingerprint density at radius 1 is 1.13 bits per heavy atom. The van der Waals surface area contributed by atoms with Gasteiger partial charge in [-0.05, 0) is 52.3 Å². The Morgan fingerprint density at radius 2 is 1.87 bits per heavy atom. The number of benzene rings is 1. The minimum Gasteiger partial charge on any atom is -0.488 e. The first kappa shape index (κ1) is 11.0. The predicted octanol–water partition coefficient (Wildman–Crippen LogP) is 4.74. The first-order valence-corrected chi connectivity index (χ1v) is 6.35. The molecule has 1 nitrogen and oxygen atoms in total. The van der Waals surface area contributed by atoms with Crippen molar-refractivity contribution >= 4 is 38.9 Å². The molecule has 2 aromatic rings. The van der Waals surface area contributed by atoms with Crippen molar-refractivity contribution in [3.05, 3.63) is 50.1 Å². The zero-order valence-corrected chi connectivity index (χ0v) is 10.9. The van der Waals surface area contributed by atoms with Crippen LogP contribution in [0.3, 0.4) is 0 Å². The molecule has 0 spiro atoms. The molecule has 0 aliphatic carbocycles. The predicted molar refractivity (Wildman–Crippen MR) is 67.8 cm³/mol. The molecule has 1 aromatic heterocycles. The minimum atomic E-state index is 0.595. The van der Waals surface area contributed by atoms with Crippen molar-refractivity contribution in [1.82, 2.24) is 0 Å². The molecule has 78 valence electrons. The van der Waals surface area contributed by atoms with Crippen molar-refractivity contribution in [2.24, 2.45) is 0 Å². The maximum absolute atomic E-state index is 5.77. The first-order valence-electron chi connectivity index (χ1n) is 4.36. The van der Waals surface area contributed by atoms with Gasteiger partial charge in [-0.1, -0.05) is 11.6 Å². The quantitative estimate of drug-likeness (QED) is 0.795. The lowest BCUT2D eigenvalue weighted by atomic mass is 10.3. The van der Waals surface area contributed by atoms with Crippen LogP contribution in [0.1, 0.15) is 4.88 Å². The third-order valence-electron chi connectivity index (χ3n) is 1.82. The molecule has 1 aromatic carbocycles. The Hall–Kier alpha value is -0.510. The number of rotatable bonds is 3. The van der Waals surface area contributed by atoms with Crippen molar-refractivity contribution in [2.45, 2.75) is 6.61 Å². The lowest BCUT2D eigenvalue weighted by molar-refractivity contribution is 0.310. The van der Waals surface area contributed by atoms with Gasteiger partial charge in [-0.15, -0.1) is 11.3 Å². The van der Waals surface area contributed by atoms with Crippen LogP contribution >= 0.6 is 38.9 Å². The fraction of sp³-hybridized carbons (Fsp3) is 0.0909. The summed E-state index contributed by atoms with van der Waals surface area (Å²) in [6.45, 7) is 0.595. The number of halogens is 2. The van der Waals surface area contributed by atoms with Crippen LogP contribution in [0.2, 0.25) is 5.02 Å². The number of hydrogen-bond acceptors (Lipinski definition) is 2. The van der Waals surface area contributed by atoms with E-state index in [-0.39, 0.29) is 0 Å². The van der Waals surface area contributed by atoms with E-state index in [0.29, 0.717) is 6.61 Å². The van der Waals surface area contributed by atoms with E-state index in [1.807, 2.05) is 36.4 Å². The summed E-state index contributed by atoms with van der Waals surface area (Å²) in [5, 5.41) is 0.723. The molecule has 0 N–H and O–H groups in total. The Bertz CT molecular complexity index is 438. The lowest BCUT2D eigenvalue weighted by Crippen LogP contribution is -1.91. The van der Waals surface area contributed by atoms with Crippen molar-refractivity contribution in [1.29, 1.82) is 0 Å². The molecule has 4 heteroatoms. The minimum absolute atomic E-state index is 0.595. The number of thiophene rings is 1. The fourth-order valence-corrected chi connectivity index (χ4v) is 2.64. The molecule has 15 heavy (non-hydrogen) atoms. The Morgan fingerprint density at radius 3 is 2.47 bits per heavy atom. The molecule has 1 heterocycles. The van der Waals surface area contributed by atoms with Crippen molar-refractivity contribution in [3.63, 3.8) is 0 Å². The summed E-state index contributed by atoms with van der Waals surface area (Å²) in [6.07, 6.45) is 0. The number of ether oxygens (including phenoxy) is 1. The van der Waals surface area contributed by atoms with Crippen LogP contribution in [0.25, 0.3) is 0 Å². The molecule has 0 bridgehead atoms. The van der Waals surface area contributed by atoms with Crippen LogP contribution in [-0.4, -0.2) is 0 Å². The van der Waals surface area contributed by atoms with E-state index in [1.165, 1.54) is 4.88 Å². The summed E-state index contributed by atoms with van der Waals surface area (Å²) < 4.78 is 6.71. The van der Waals surface area contributed by atoms with E-state index in [4.69, 9.17) is 16.3 Å². The molecular weight excluding hydrogens is 296 g/mol. The van der Waals surface area contributed by atoms with Gasteiger partial charge in [0.15, 0.2) is 0 Å². The molecule has 0 aliphatic rings. The second kappa shape index (κ2) is 5.01. The summed E-state index contributed by atoms with van der Waals surface area (Å²) in [5.74, 6) is 0.837. The highest BCUT2D eigenvalue weighted by molar-refractivity contribution is 9.11. The number of hydrogen-bond donors (Lipinski definition) is 0. The molecule has 0 atom stereocenters. The average molecular weight is 304 g/mol. The van der Waals surface area contributed by atoms with Gasteiger partial charge in [0.2, 0.25) is 0 Å². The maximum atomic E-state index is 5.77. The monoisotopic (exact) mass is 302 g/mol. The molecule has 0 fully saturated rings. The van der Waals surface area contributed by atoms with Gasteiger partial charge in [-0.2, -0.15) is 0 Å². The van der Waals surface area contributed by atoms with Gasteiger partial charge in [0.1, 0.15) is 12.4 Å². The third-order valence-corrected chi connectivity index (χ3v) is 3.67. The zero-order chi connectivity index (χ0) is 10.7. The van der Waals surface area contributed by atoms with Gasteiger partial charge in [-0.25, -0.2) is 0 Å². The highest BCUT2D eigenvalue weighted by atomic mass is 79.9. The van der Waals surface area contributed by atoms with Crippen LogP contribution in [-0.2, 0) is 6.61 Å². The topological polar surface area (TPSA) is 9.23 Å².